The maximum atomic E-state index is 17.1. The molecule has 14 heteroatoms. The molecule has 8 rings (SSSR count). The first-order valence-electron chi connectivity index (χ1n) is 16.7. The summed E-state index contributed by atoms with van der Waals surface area (Å²) in [5, 5.41) is 9.97. The van der Waals surface area contributed by atoms with Crippen LogP contribution in [0.25, 0.3) is 32.9 Å². The number of alkyl halides is 1. The van der Waals surface area contributed by atoms with Crippen molar-refractivity contribution in [3.8, 4) is 23.0 Å². The number of nitrogens with zero attached hydrogens (tertiary/aromatic N) is 8. The Bertz CT molecular complexity index is 2040. The van der Waals surface area contributed by atoms with Crippen molar-refractivity contribution in [3.63, 3.8) is 0 Å². The summed E-state index contributed by atoms with van der Waals surface area (Å²) >= 11 is 0. The second-order valence-corrected chi connectivity index (χ2v) is 13.1. The molecule has 256 valence electrons. The molecular weight excluding hydrogens is 637 g/mol. The zero-order chi connectivity index (χ0) is 33.7. The number of hydrogen-bond acceptors (Lipinski definition) is 10. The zero-order valence-corrected chi connectivity index (χ0v) is 27.5. The van der Waals surface area contributed by atoms with Crippen LogP contribution in [0.5, 0.6) is 11.8 Å². The van der Waals surface area contributed by atoms with Crippen LogP contribution in [0.2, 0.25) is 0 Å². The molecule has 0 N–H and O–H groups in total. The molecule has 3 aromatic heterocycles. The van der Waals surface area contributed by atoms with Gasteiger partial charge in [-0.1, -0.05) is 13.0 Å². The second kappa shape index (κ2) is 12.7. The minimum absolute atomic E-state index is 0.00451. The van der Waals surface area contributed by atoms with Crippen molar-refractivity contribution in [2.75, 3.05) is 45.0 Å². The van der Waals surface area contributed by atoms with Gasteiger partial charge in [0.1, 0.15) is 47.7 Å². The molecule has 2 aromatic carbocycles. The summed E-state index contributed by atoms with van der Waals surface area (Å²) in [6, 6.07) is 6.47. The summed E-state index contributed by atoms with van der Waals surface area (Å²) in [4.78, 5) is 18.3. The highest BCUT2D eigenvalue weighted by atomic mass is 19.1. The summed E-state index contributed by atoms with van der Waals surface area (Å²) < 4.78 is 66.0. The minimum Gasteiger partial charge on any atom is -0.468 e. The van der Waals surface area contributed by atoms with Crippen molar-refractivity contribution in [2.24, 2.45) is 0 Å². The molecule has 6 heterocycles. The van der Waals surface area contributed by atoms with Crippen LogP contribution in [0.15, 0.2) is 36.8 Å². The number of hydrogen-bond donors (Lipinski definition) is 0. The Morgan fingerprint density at radius 2 is 1.96 bits per heavy atom. The number of aryl methyl sites for hydroxylation is 2. The standard InChI is InChI=1S/C35H37F3N8O3/c1-3-24-27(37)7-6-21-12-23(49-20-47-2)13-25(29(21)24)31-30(38)32-26(15-39-31)33(44-9-5-10-45-19-40-43-28(45)17-44)42-34(41-32)48-18-35-8-4-11-46(35)16-22(36)14-35/h6-7,12-13,15,19,22H,3-5,8-11,14,16-18,20H2,1-2H3/t22-,35+/m1/s1. The Balaban J connectivity index is 1.28. The fourth-order valence-electron chi connectivity index (χ4n) is 7.84. The predicted molar refractivity (Wildman–Crippen MR) is 176 cm³/mol. The molecule has 0 saturated carbocycles. The largest absolute Gasteiger partial charge is 0.468 e. The Morgan fingerprint density at radius 3 is 2.82 bits per heavy atom. The number of anilines is 1. The van der Waals surface area contributed by atoms with Crippen LogP contribution in [0.1, 0.15) is 44.0 Å². The number of fused-ring (bicyclic) bond motifs is 4. The van der Waals surface area contributed by atoms with E-state index in [-0.39, 0.29) is 36.4 Å². The maximum Gasteiger partial charge on any atom is 0.319 e. The van der Waals surface area contributed by atoms with Crippen LogP contribution >= 0.6 is 0 Å². The predicted octanol–water partition coefficient (Wildman–Crippen LogP) is 5.63. The number of methoxy groups -OCH3 is 1. The van der Waals surface area contributed by atoms with Crippen LogP contribution in [0, 0.1) is 11.6 Å². The Morgan fingerprint density at radius 1 is 1.06 bits per heavy atom. The SMILES string of the molecule is CCc1c(F)ccc2cc(OCOC)cc(-c3ncc4c(N5CCCn6cnnc6C5)nc(OC[C@@]56CCCN5C[C@H](F)C6)nc4c3F)c12. The normalized spacial score (nSPS) is 20.9. The van der Waals surface area contributed by atoms with Gasteiger partial charge in [0, 0.05) is 44.9 Å². The lowest BCUT2D eigenvalue weighted by atomic mass is 9.94. The third-order valence-electron chi connectivity index (χ3n) is 10.1. The van der Waals surface area contributed by atoms with Gasteiger partial charge in [-0.05, 0) is 66.8 Å². The van der Waals surface area contributed by atoms with Crippen LogP contribution in [0.4, 0.5) is 19.0 Å². The topological polar surface area (TPSA) is 104 Å². The molecule has 2 saturated heterocycles. The maximum absolute atomic E-state index is 17.1. The first kappa shape index (κ1) is 31.7. The van der Waals surface area contributed by atoms with Crippen molar-refractivity contribution in [2.45, 2.75) is 63.8 Å². The molecule has 3 aliphatic heterocycles. The van der Waals surface area contributed by atoms with Gasteiger partial charge in [-0.15, -0.1) is 10.2 Å². The molecular formula is C35H37F3N8O3. The molecule has 0 unspecified atom stereocenters. The van der Waals surface area contributed by atoms with Crippen LogP contribution in [-0.4, -0.2) is 86.5 Å². The van der Waals surface area contributed by atoms with Gasteiger partial charge in [0.15, 0.2) is 18.4 Å². The quantitative estimate of drug-likeness (QED) is 0.183. The fraction of sp³-hybridized carbons (Fsp3) is 0.457. The van der Waals surface area contributed by atoms with Gasteiger partial charge in [-0.25, -0.2) is 13.2 Å². The summed E-state index contributed by atoms with van der Waals surface area (Å²) in [7, 11) is 1.51. The van der Waals surface area contributed by atoms with Crippen molar-refractivity contribution in [1.82, 2.24) is 34.6 Å². The highest BCUT2D eigenvalue weighted by molar-refractivity contribution is 6.01. The van der Waals surface area contributed by atoms with Gasteiger partial charge >= 0.3 is 6.01 Å². The molecule has 0 bridgehead atoms. The number of halogens is 3. The van der Waals surface area contributed by atoms with E-state index in [0.717, 1.165) is 38.2 Å². The second-order valence-electron chi connectivity index (χ2n) is 13.1. The lowest BCUT2D eigenvalue weighted by Crippen LogP contribution is -2.43. The highest BCUT2D eigenvalue weighted by Crippen LogP contribution is 2.42. The van der Waals surface area contributed by atoms with Crippen molar-refractivity contribution in [1.29, 1.82) is 0 Å². The lowest BCUT2D eigenvalue weighted by Gasteiger charge is -2.31. The van der Waals surface area contributed by atoms with Gasteiger partial charge in [-0.3, -0.25) is 9.88 Å². The Kier molecular flexibility index (Phi) is 8.22. The third kappa shape index (κ3) is 5.60. The van der Waals surface area contributed by atoms with Crippen molar-refractivity contribution in [3.05, 3.63) is 59.8 Å². The number of ether oxygens (including phenoxy) is 3. The van der Waals surface area contributed by atoms with E-state index in [1.165, 1.54) is 13.2 Å². The van der Waals surface area contributed by atoms with E-state index in [9.17, 15) is 4.39 Å². The summed E-state index contributed by atoms with van der Waals surface area (Å²) in [6.45, 7) is 4.95. The van der Waals surface area contributed by atoms with E-state index in [1.807, 2.05) is 16.4 Å². The molecule has 0 amide bonds. The molecule has 5 aromatic rings. The molecule has 2 atom stereocenters. The zero-order valence-electron chi connectivity index (χ0n) is 27.5. The average molecular weight is 675 g/mol. The minimum atomic E-state index is -0.922. The van der Waals surface area contributed by atoms with E-state index < -0.39 is 17.5 Å². The number of rotatable bonds is 9. The highest BCUT2D eigenvalue weighted by Gasteiger charge is 2.49. The summed E-state index contributed by atoms with van der Waals surface area (Å²) in [5.41, 5.74) is 0.364. The Hall–Kier alpha value is -4.56. The number of aromatic nitrogens is 6. The van der Waals surface area contributed by atoms with Crippen LogP contribution in [0.3, 0.4) is 0 Å². The van der Waals surface area contributed by atoms with E-state index in [4.69, 9.17) is 19.2 Å². The smallest absolute Gasteiger partial charge is 0.319 e. The van der Waals surface area contributed by atoms with E-state index in [1.54, 1.807) is 30.7 Å². The van der Waals surface area contributed by atoms with Crippen LogP contribution in [-0.2, 0) is 24.2 Å². The van der Waals surface area contributed by atoms with Gasteiger partial charge in [-0.2, -0.15) is 9.97 Å². The van der Waals surface area contributed by atoms with E-state index in [0.29, 0.717) is 71.3 Å². The molecule has 11 nitrogen and oxygen atoms in total. The molecule has 0 spiro atoms. The van der Waals surface area contributed by atoms with Crippen LogP contribution < -0.4 is 14.4 Å². The first-order chi connectivity index (χ1) is 23.9. The third-order valence-corrected chi connectivity index (χ3v) is 10.1. The van der Waals surface area contributed by atoms with Crippen molar-refractivity contribution < 1.29 is 27.4 Å². The van der Waals surface area contributed by atoms with Crippen molar-refractivity contribution >= 4 is 27.5 Å². The number of pyridine rings is 1. The Labute approximate surface area is 281 Å². The molecule has 0 radical (unpaired) electrons. The summed E-state index contributed by atoms with van der Waals surface area (Å²) in [5.74, 6) is 0.535. The fourth-order valence-corrected chi connectivity index (χ4v) is 7.84. The van der Waals surface area contributed by atoms with Gasteiger partial charge in [0.25, 0.3) is 0 Å². The lowest BCUT2D eigenvalue weighted by molar-refractivity contribution is 0.0512. The number of benzene rings is 2. The first-order valence-corrected chi connectivity index (χ1v) is 16.7. The van der Waals surface area contributed by atoms with Gasteiger partial charge < -0.3 is 23.7 Å². The van der Waals surface area contributed by atoms with Gasteiger partial charge in [0.05, 0.1) is 17.5 Å². The molecule has 3 aliphatic rings. The molecule has 49 heavy (non-hydrogen) atoms. The molecule has 0 aliphatic carbocycles. The molecule has 2 fully saturated rings. The van der Waals surface area contributed by atoms with E-state index >= 15 is 8.78 Å². The van der Waals surface area contributed by atoms with Gasteiger partial charge in [0.2, 0.25) is 0 Å². The average Bonchev–Trinajstić information content (AvgIpc) is 3.75. The summed E-state index contributed by atoms with van der Waals surface area (Å²) in [6.07, 6.45) is 5.64. The monoisotopic (exact) mass is 674 g/mol. The van der Waals surface area contributed by atoms with E-state index in [2.05, 4.69) is 25.1 Å².